The molecule has 2 rings (SSSR count). The second kappa shape index (κ2) is 7.02. The van der Waals surface area contributed by atoms with E-state index < -0.39 is 0 Å². The summed E-state index contributed by atoms with van der Waals surface area (Å²) in [5.41, 5.74) is 0.0602. The van der Waals surface area contributed by atoms with Crippen molar-refractivity contribution in [1.29, 1.82) is 0 Å². The molecule has 6 heteroatoms. The lowest BCUT2D eigenvalue weighted by atomic mass is 10.1. The van der Waals surface area contributed by atoms with Gasteiger partial charge in [0.05, 0.1) is 31.6 Å². The quantitative estimate of drug-likeness (QED) is 0.747. The Balaban J connectivity index is 1.67. The maximum atomic E-state index is 11.9. The number of amides is 1. The van der Waals surface area contributed by atoms with Crippen molar-refractivity contribution in [2.24, 2.45) is 5.41 Å². The van der Waals surface area contributed by atoms with Crippen LogP contribution in [-0.4, -0.2) is 30.5 Å². The molecular formula is C15H21NO4S. The van der Waals surface area contributed by atoms with Crippen molar-refractivity contribution in [3.05, 3.63) is 24.2 Å². The van der Waals surface area contributed by atoms with Crippen LogP contribution in [0.5, 0.6) is 0 Å². The molecule has 0 aromatic carbocycles. The number of ether oxygens (including phenoxy) is 1. The molecule has 1 N–H and O–H groups in total. The van der Waals surface area contributed by atoms with Crippen molar-refractivity contribution < 1.29 is 18.7 Å². The molecule has 1 aliphatic carbocycles. The zero-order valence-corrected chi connectivity index (χ0v) is 13.2. The Morgan fingerprint density at radius 3 is 2.86 bits per heavy atom. The topological polar surface area (TPSA) is 68.5 Å². The van der Waals surface area contributed by atoms with Gasteiger partial charge in [-0.3, -0.25) is 9.59 Å². The Morgan fingerprint density at radius 2 is 2.29 bits per heavy atom. The fraction of sp³-hybridized carbons (Fsp3) is 0.600. The second-order valence-electron chi connectivity index (χ2n) is 5.55. The lowest BCUT2D eigenvalue weighted by Gasteiger charge is -2.14. The molecule has 0 saturated heterocycles. The molecule has 0 spiro atoms. The molecular weight excluding hydrogens is 290 g/mol. The highest BCUT2D eigenvalue weighted by molar-refractivity contribution is 7.99. The summed E-state index contributed by atoms with van der Waals surface area (Å²) < 4.78 is 9.96. The first-order chi connectivity index (χ1) is 10.0. The van der Waals surface area contributed by atoms with Gasteiger partial charge in [-0.2, -0.15) is 11.8 Å². The minimum absolute atomic E-state index is 0.0160. The molecule has 1 atom stereocenters. The summed E-state index contributed by atoms with van der Waals surface area (Å²) in [6.07, 6.45) is 4.14. The van der Waals surface area contributed by atoms with Gasteiger partial charge < -0.3 is 14.5 Å². The number of hydrogen-bond donors (Lipinski definition) is 1. The monoisotopic (exact) mass is 311 g/mol. The third-order valence-corrected chi connectivity index (χ3v) is 4.98. The van der Waals surface area contributed by atoms with E-state index in [-0.39, 0.29) is 23.3 Å². The van der Waals surface area contributed by atoms with Gasteiger partial charge in [-0.15, -0.1) is 0 Å². The second-order valence-corrected chi connectivity index (χ2v) is 6.54. The van der Waals surface area contributed by atoms with Crippen molar-refractivity contribution in [3.63, 3.8) is 0 Å². The number of hydrogen-bond acceptors (Lipinski definition) is 5. The average Bonchev–Trinajstić information content (AvgIpc) is 3.00. The number of rotatable bonds is 8. The van der Waals surface area contributed by atoms with E-state index in [0.29, 0.717) is 12.2 Å². The lowest BCUT2D eigenvalue weighted by Crippen LogP contribution is -2.28. The highest BCUT2D eigenvalue weighted by atomic mass is 32.2. The molecule has 0 radical (unpaired) electrons. The van der Waals surface area contributed by atoms with Crippen molar-refractivity contribution in [1.82, 2.24) is 5.32 Å². The van der Waals surface area contributed by atoms with Crippen molar-refractivity contribution >= 4 is 23.6 Å². The molecule has 1 unspecified atom stereocenters. The summed E-state index contributed by atoms with van der Waals surface area (Å²) >= 11 is 1.57. The molecule has 1 saturated carbocycles. The van der Waals surface area contributed by atoms with E-state index in [9.17, 15) is 9.59 Å². The first-order valence-electron chi connectivity index (χ1n) is 7.02. The first kappa shape index (κ1) is 15.9. The number of carbonyl (C=O) groups excluding carboxylic acids is 2. The van der Waals surface area contributed by atoms with Crippen molar-refractivity contribution in [3.8, 4) is 0 Å². The number of thioether (sulfide) groups is 1. The summed E-state index contributed by atoms with van der Waals surface area (Å²) in [4.78, 5) is 23.2. The summed E-state index contributed by atoms with van der Waals surface area (Å²) in [6.45, 7) is 1.89. The van der Waals surface area contributed by atoms with Crippen molar-refractivity contribution in [2.75, 3.05) is 18.6 Å². The van der Waals surface area contributed by atoms with E-state index in [1.54, 1.807) is 24.1 Å². The molecule has 5 nitrogen and oxygen atoms in total. The number of carbonyl (C=O) groups is 2. The number of furan rings is 1. The van der Waals surface area contributed by atoms with Gasteiger partial charge in [0, 0.05) is 0 Å². The molecule has 0 bridgehead atoms. The van der Waals surface area contributed by atoms with Crippen LogP contribution >= 0.6 is 11.8 Å². The minimum Gasteiger partial charge on any atom is -0.469 e. The fourth-order valence-corrected chi connectivity index (χ4v) is 3.37. The zero-order valence-electron chi connectivity index (χ0n) is 12.4. The first-order valence-corrected chi connectivity index (χ1v) is 8.17. The van der Waals surface area contributed by atoms with Crippen LogP contribution in [0.25, 0.3) is 0 Å². The molecule has 1 aromatic rings. The van der Waals surface area contributed by atoms with Crippen LogP contribution in [-0.2, 0) is 14.3 Å². The summed E-state index contributed by atoms with van der Waals surface area (Å²) in [5.74, 6) is 1.79. The molecule has 116 valence electrons. The van der Waals surface area contributed by atoms with E-state index in [1.165, 1.54) is 7.11 Å². The van der Waals surface area contributed by atoms with Gasteiger partial charge in [-0.25, -0.2) is 0 Å². The molecule has 21 heavy (non-hydrogen) atoms. The van der Waals surface area contributed by atoms with E-state index in [1.807, 2.05) is 13.0 Å². The fourth-order valence-electron chi connectivity index (χ4n) is 2.18. The zero-order chi connectivity index (χ0) is 15.3. The molecule has 1 heterocycles. The molecule has 1 amide bonds. The molecule has 1 fully saturated rings. The number of nitrogens with one attached hydrogen (secondary N) is 1. The van der Waals surface area contributed by atoms with Gasteiger partial charge in [0.2, 0.25) is 5.91 Å². The van der Waals surface area contributed by atoms with Crippen LogP contribution in [0.1, 0.15) is 38.0 Å². The van der Waals surface area contributed by atoms with Gasteiger partial charge in [-0.05, 0) is 43.1 Å². The normalized spacial score (nSPS) is 17.0. The van der Waals surface area contributed by atoms with E-state index >= 15 is 0 Å². The van der Waals surface area contributed by atoms with Crippen LogP contribution in [0.15, 0.2) is 22.8 Å². The maximum absolute atomic E-state index is 11.9. The minimum atomic E-state index is -0.163. The van der Waals surface area contributed by atoms with Crippen molar-refractivity contribution in [2.45, 2.75) is 32.2 Å². The standard InChI is InChI=1S/C15H21NO4S/c1-11(12-4-3-7-20-12)16-13(17)9-21-10-15(5-6-15)8-14(18)19-2/h3-4,7,11H,5-6,8-10H2,1-2H3,(H,16,17). The smallest absolute Gasteiger partial charge is 0.306 e. The van der Waals surface area contributed by atoms with Crippen LogP contribution in [0.4, 0.5) is 0 Å². The van der Waals surface area contributed by atoms with Crippen LogP contribution < -0.4 is 5.32 Å². The average molecular weight is 311 g/mol. The maximum Gasteiger partial charge on any atom is 0.306 e. The Hall–Kier alpha value is -1.43. The van der Waals surface area contributed by atoms with Crippen LogP contribution in [0.3, 0.4) is 0 Å². The Labute approximate surface area is 128 Å². The van der Waals surface area contributed by atoms with E-state index in [4.69, 9.17) is 9.15 Å². The van der Waals surface area contributed by atoms with Gasteiger partial charge in [0.1, 0.15) is 5.76 Å². The summed E-state index contributed by atoms with van der Waals surface area (Å²) in [6, 6.07) is 3.52. The van der Waals surface area contributed by atoms with E-state index in [0.717, 1.165) is 24.4 Å². The molecule has 1 aromatic heterocycles. The van der Waals surface area contributed by atoms with Gasteiger partial charge in [0.25, 0.3) is 0 Å². The Bertz CT molecular complexity index is 482. The number of esters is 1. The third kappa shape index (κ3) is 4.81. The summed E-state index contributed by atoms with van der Waals surface area (Å²) in [5, 5.41) is 2.90. The third-order valence-electron chi connectivity index (χ3n) is 3.69. The Kier molecular flexibility index (Phi) is 5.33. The van der Waals surface area contributed by atoms with Gasteiger partial charge in [-0.1, -0.05) is 0 Å². The van der Waals surface area contributed by atoms with E-state index in [2.05, 4.69) is 5.32 Å². The predicted molar refractivity (Wildman–Crippen MR) is 80.9 cm³/mol. The lowest BCUT2D eigenvalue weighted by molar-refractivity contribution is -0.141. The molecule has 1 aliphatic rings. The highest BCUT2D eigenvalue weighted by Crippen LogP contribution is 2.51. The number of methoxy groups -OCH3 is 1. The Morgan fingerprint density at radius 1 is 1.52 bits per heavy atom. The predicted octanol–water partition coefficient (Wildman–Crippen LogP) is 2.53. The molecule has 0 aliphatic heterocycles. The SMILES string of the molecule is COC(=O)CC1(CSCC(=O)NC(C)c2ccco2)CC1. The van der Waals surface area contributed by atoms with Crippen LogP contribution in [0.2, 0.25) is 0 Å². The largest absolute Gasteiger partial charge is 0.469 e. The summed E-state index contributed by atoms with van der Waals surface area (Å²) in [7, 11) is 1.41. The highest BCUT2D eigenvalue weighted by Gasteiger charge is 2.44. The van der Waals surface area contributed by atoms with Crippen LogP contribution in [0, 0.1) is 5.41 Å². The van der Waals surface area contributed by atoms with Gasteiger partial charge in [0.15, 0.2) is 0 Å². The van der Waals surface area contributed by atoms with Gasteiger partial charge >= 0.3 is 5.97 Å².